The van der Waals surface area contributed by atoms with E-state index in [4.69, 9.17) is 27.9 Å². The Balaban J connectivity index is 2.18. The van der Waals surface area contributed by atoms with Crippen LogP contribution in [0.15, 0.2) is 36.7 Å². The van der Waals surface area contributed by atoms with Gasteiger partial charge in [-0.2, -0.15) is 0 Å². The van der Waals surface area contributed by atoms with E-state index in [2.05, 4.69) is 4.98 Å². The molecule has 18 heavy (non-hydrogen) atoms. The monoisotopic (exact) mass is 281 g/mol. The van der Waals surface area contributed by atoms with Crippen molar-refractivity contribution in [1.29, 1.82) is 0 Å². The van der Waals surface area contributed by atoms with Crippen molar-refractivity contribution in [3.63, 3.8) is 0 Å². The molecule has 0 radical (unpaired) electrons. The summed E-state index contributed by atoms with van der Waals surface area (Å²) in [7, 11) is 0. The van der Waals surface area contributed by atoms with Crippen LogP contribution in [0, 0.1) is 6.92 Å². The summed E-state index contributed by atoms with van der Waals surface area (Å²) in [5.74, 6) is 1.27. The Morgan fingerprint density at radius 3 is 2.78 bits per heavy atom. The lowest BCUT2D eigenvalue weighted by molar-refractivity contribution is 0.301. The van der Waals surface area contributed by atoms with Crippen molar-refractivity contribution >= 4 is 23.2 Å². The molecule has 4 heteroatoms. The van der Waals surface area contributed by atoms with Crippen molar-refractivity contribution in [1.82, 2.24) is 4.98 Å². The summed E-state index contributed by atoms with van der Waals surface area (Å²) < 4.78 is 5.83. The van der Waals surface area contributed by atoms with Gasteiger partial charge in [-0.15, -0.1) is 11.6 Å². The van der Waals surface area contributed by atoms with E-state index in [0.717, 1.165) is 22.4 Å². The van der Waals surface area contributed by atoms with E-state index in [1.807, 2.05) is 31.2 Å². The molecule has 0 saturated heterocycles. The molecule has 0 unspecified atom stereocenters. The Bertz CT molecular complexity index is 543. The quantitative estimate of drug-likeness (QED) is 0.777. The van der Waals surface area contributed by atoms with Crippen LogP contribution in [0.3, 0.4) is 0 Å². The summed E-state index contributed by atoms with van der Waals surface area (Å²) in [4.78, 5) is 3.94. The van der Waals surface area contributed by atoms with Crippen molar-refractivity contribution in [2.75, 3.05) is 0 Å². The van der Waals surface area contributed by atoms with Crippen LogP contribution in [0.1, 0.15) is 16.7 Å². The predicted octanol–water partition coefficient (Wildman–Crippen LogP) is 4.36. The van der Waals surface area contributed by atoms with Crippen molar-refractivity contribution in [3.05, 3.63) is 58.4 Å². The fourth-order valence-corrected chi connectivity index (χ4v) is 2.08. The molecule has 1 aromatic heterocycles. The molecule has 0 saturated carbocycles. The summed E-state index contributed by atoms with van der Waals surface area (Å²) in [5.41, 5.74) is 2.97. The molecule has 0 bridgehead atoms. The normalized spacial score (nSPS) is 10.4. The van der Waals surface area contributed by atoms with Crippen LogP contribution in [-0.2, 0) is 12.5 Å². The molecule has 0 atom stereocenters. The SMILES string of the molecule is Cc1cccc(CCl)c1OCc1ccncc1Cl. The van der Waals surface area contributed by atoms with Crippen LogP contribution in [0.25, 0.3) is 0 Å². The van der Waals surface area contributed by atoms with Crippen molar-refractivity contribution in [2.45, 2.75) is 19.4 Å². The van der Waals surface area contributed by atoms with Gasteiger partial charge in [0.05, 0.1) is 10.9 Å². The minimum Gasteiger partial charge on any atom is -0.488 e. The zero-order valence-electron chi connectivity index (χ0n) is 9.99. The lowest BCUT2D eigenvalue weighted by Gasteiger charge is -2.13. The molecule has 2 nitrogen and oxygen atoms in total. The van der Waals surface area contributed by atoms with E-state index in [1.54, 1.807) is 12.4 Å². The second-order valence-corrected chi connectivity index (χ2v) is 4.63. The standard InChI is InChI=1S/C14H13Cl2NO/c1-10-3-2-4-11(7-15)14(10)18-9-12-5-6-17-8-13(12)16/h2-6,8H,7,9H2,1H3. The Morgan fingerprint density at radius 2 is 2.06 bits per heavy atom. The summed E-state index contributed by atoms with van der Waals surface area (Å²) in [5, 5.41) is 0.610. The van der Waals surface area contributed by atoms with E-state index in [1.165, 1.54) is 0 Å². The smallest absolute Gasteiger partial charge is 0.127 e. The fourth-order valence-electron chi connectivity index (χ4n) is 1.70. The summed E-state index contributed by atoms with van der Waals surface area (Å²) in [6.45, 7) is 2.41. The third kappa shape index (κ3) is 2.95. The number of nitrogens with zero attached hydrogens (tertiary/aromatic N) is 1. The zero-order chi connectivity index (χ0) is 13.0. The maximum absolute atomic E-state index is 6.04. The first-order valence-corrected chi connectivity index (χ1v) is 6.49. The van der Waals surface area contributed by atoms with E-state index in [9.17, 15) is 0 Å². The zero-order valence-corrected chi connectivity index (χ0v) is 11.5. The number of hydrogen-bond donors (Lipinski definition) is 0. The Morgan fingerprint density at radius 1 is 1.22 bits per heavy atom. The largest absolute Gasteiger partial charge is 0.488 e. The number of ether oxygens (including phenoxy) is 1. The first-order chi connectivity index (χ1) is 8.72. The van der Waals surface area contributed by atoms with Gasteiger partial charge in [-0.05, 0) is 18.6 Å². The number of aryl methyl sites for hydroxylation is 1. The molecule has 2 aromatic rings. The highest BCUT2D eigenvalue weighted by Gasteiger charge is 2.07. The molecule has 1 aromatic carbocycles. The summed E-state index contributed by atoms with van der Waals surface area (Å²) in [6, 6.07) is 7.78. The van der Waals surface area contributed by atoms with Crippen molar-refractivity contribution in [3.8, 4) is 5.75 Å². The molecular formula is C14H13Cl2NO. The Labute approximate surface area is 117 Å². The molecule has 0 aliphatic rings. The predicted molar refractivity (Wildman–Crippen MR) is 74.3 cm³/mol. The van der Waals surface area contributed by atoms with Gasteiger partial charge in [0.2, 0.25) is 0 Å². The second kappa shape index (κ2) is 6.07. The van der Waals surface area contributed by atoms with Gasteiger partial charge >= 0.3 is 0 Å². The number of hydrogen-bond acceptors (Lipinski definition) is 2. The van der Waals surface area contributed by atoms with Gasteiger partial charge < -0.3 is 4.74 Å². The average molecular weight is 282 g/mol. The number of benzene rings is 1. The maximum Gasteiger partial charge on any atom is 0.127 e. The highest BCUT2D eigenvalue weighted by molar-refractivity contribution is 6.31. The van der Waals surface area contributed by atoms with E-state index < -0.39 is 0 Å². The third-order valence-corrected chi connectivity index (χ3v) is 3.29. The molecule has 0 spiro atoms. The average Bonchev–Trinajstić information content (AvgIpc) is 2.39. The number of rotatable bonds is 4. The highest BCUT2D eigenvalue weighted by Crippen LogP contribution is 2.26. The van der Waals surface area contributed by atoms with Crippen LogP contribution in [0.2, 0.25) is 5.02 Å². The molecule has 0 amide bonds. The van der Waals surface area contributed by atoms with Gasteiger partial charge in [0, 0.05) is 23.5 Å². The first kappa shape index (κ1) is 13.2. The lowest BCUT2D eigenvalue weighted by atomic mass is 10.1. The number of alkyl halides is 1. The molecule has 0 N–H and O–H groups in total. The molecule has 2 rings (SSSR count). The molecule has 0 fully saturated rings. The third-order valence-electron chi connectivity index (χ3n) is 2.67. The van der Waals surface area contributed by atoms with Crippen LogP contribution in [-0.4, -0.2) is 4.98 Å². The minimum absolute atomic E-state index is 0.413. The minimum atomic E-state index is 0.413. The number of para-hydroxylation sites is 1. The molecule has 1 heterocycles. The van der Waals surface area contributed by atoms with E-state index in [-0.39, 0.29) is 0 Å². The molecule has 0 aliphatic carbocycles. The van der Waals surface area contributed by atoms with Gasteiger partial charge in [-0.1, -0.05) is 29.8 Å². The van der Waals surface area contributed by atoms with Crippen LogP contribution < -0.4 is 4.74 Å². The summed E-state index contributed by atoms with van der Waals surface area (Å²) in [6.07, 6.45) is 3.31. The van der Waals surface area contributed by atoms with Crippen molar-refractivity contribution < 1.29 is 4.74 Å². The lowest BCUT2D eigenvalue weighted by Crippen LogP contribution is -2.00. The molecule has 0 aliphatic heterocycles. The van der Waals surface area contributed by atoms with Gasteiger partial charge in [-0.25, -0.2) is 0 Å². The molecular weight excluding hydrogens is 269 g/mol. The maximum atomic E-state index is 6.04. The topological polar surface area (TPSA) is 22.1 Å². The highest BCUT2D eigenvalue weighted by atomic mass is 35.5. The Kier molecular flexibility index (Phi) is 4.45. The van der Waals surface area contributed by atoms with Crippen LogP contribution in [0.4, 0.5) is 0 Å². The van der Waals surface area contributed by atoms with Crippen LogP contribution >= 0.6 is 23.2 Å². The van der Waals surface area contributed by atoms with Gasteiger partial charge in [0.25, 0.3) is 0 Å². The Hall–Kier alpha value is -1.25. The molecule has 94 valence electrons. The second-order valence-electron chi connectivity index (χ2n) is 3.95. The van der Waals surface area contributed by atoms with Crippen molar-refractivity contribution in [2.24, 2.45) is 0 Å². The first-order valence-electron chi connectivity index (χ1n) is 5.58. The van der Waals surface area contributed by atoms with E-state index >= 15 is 0 Å². The van der Waals surface area contributed by atoms with Gasteiger partial charge in [0.15, 0.2) is 0 Å². The number of pyridine rings is 1. The van der Waals surface area contributed by atoms with Gasteiger partial charge in [0.1, 0.15) is 12.4 Å². The fraction of sp³-hybridized carbons (Fsp3) is 0.214. The van der Waals surface area contributed by atoms with E-state index in [0.29, 0.717) is 17.5 Å². The number of aromatic nitrogens is 1. The summed E-state index contributed by atoms with van der Waals surface area (Å²) >= 11 is 11.9. The van der Waals surface area contributed by atoms with Crippen LogP contribution in [0.5, 0.6) is 5.75 Å². The van der Waals surface area contributed by atoms with Gasteiger partial charge in [-0.3, -0.25) is 4.98 Å². The number of halogens is 2.